The van der Waals surface area contributed by atoms with Crippen molar-refractivity contribution in [1.29, 1.82) is 0 Å². The third kappa shape index (κ3) is 5.72. The number of hydrogen-bond donors (Lipinski definition) is 1. The molecule has 31 heavy (non-hydrogen) atoms. The molecule has 0 saturated heterocycles. The molecule has 1 aromatic heterocycles. The average Bonchev–Trinajstić information content (AvgIpc) is 3.21. The largest absolute Gasteiger partial charge is 0.492 e. The fourth-order valence-corrected chi connectivity index (χ4v) is 2.97. The number of allylic oxidation sites excluding steroid dienone is 1. The molecule has 0 atom stereocenters. The Hall–Kier alpha value is -3.60. The number of aryl methyl sites for hydroxylation is 1. The standard InChI is InChI=1S/C26H27NO4/c1-19-11-13-21(14-12-19)24(28)23-10-6-16-27(23)15-5-8-20-7-4-9-22(17-20)31-18-26(2,3)25(29)30/h4-14,16-17H,15,18H2,1-3H3,(H,29,30)/b8-5+. The van der Waals surface area contributed by atoms with Crippen molar-refractivity contribution in [3.8, 4) is 5.75 Å². The van der Waals surface area contributed by atoms with Gasteiger partial charge in [0.15, 0.2) is 0 Å². The van der Waals surface area contributed by atoms with Gasteiger partial charge >= 0.3 is 5.97 Å². The number of ketones is 1. The number of aromatic nitrogens is 1. The molecule has 0 saturated carbocycles. The van der Waals surface area contributed by atoms with E-state index in [2.05, 4.69) is 0 Å². The van der Waals surface area contributed by atoms with Crippen molar-refractivity contribution < 1.29 is 19.4 Å². The molecule has 0 amide bonds. The van der Waals surface area contributed by atoms with Crippen LogP contribution in [0, 0.1) is 12.3 Å². The molecule has 0 unspecified atom stereocenters. The van der Waals surface area contributed by atoms with E-state index in [1.165, 1.54) is 0 Å². The summed E-state index contributed by atoms with van der Waals surface area (Å²) < 4.78 is 7.58. The van der Waals surface area contributed by atoms with Gasteiger partial charge in [0.05, 0.1) is 11.1 Å². The van der Waals surface area contributed by atoms with Crippen LogP contribution < -0.4 is 4.74 Å². The zero-order valence-electron chi connectivity index (χ0n) is 18.0. The first-order valence-electron chi connectivity index (χ1n) is 10.2. The van der Waals surface area contributed by atoms with Crippen LogP contribution in [0.2, 0.25) is 0 Å². The number of carboxylic acid groups (broad SMARTS) is 1. The van der Waals surface area contributed by atoms with Gasteiger partial charge in [-0.15, -0.1) is 0 Å². The van der Waals surface area contributed by atoms with Gasteiger partial charge < -0.3 is 14.4 Å². The van der Waals surface area contributed by atoms with Crippen LogP contribution in [0.4, 0.5) is 0 Å². The normalized spacial score (nSPS) is 11.6. The van der Waals surface area contributed by atoms with Crippen molar-refractivity contribution in [2.75, 3.05) is 6.61 Å². The van der Waals surface area contributed by atoms with Gasteiger partial charge in [-0.3, -0.25) is 9.59 Å². The molecule has 160 valence electrons. The number of nitrogens with zero attached hydrogens (tertiary/aromatic N) is 1. The lowest BCUT2D eigenvalue weighted by atomic mass is 9.95. The lowest BCUT2D eigenvalue weighted by Gasteiger charge is -2.19. The monoisotopic (exact) mass is 417 g/mol. The topological polar surface area (TPSA) is 68.5 Å². The number of rotatable bonds is 9. The fraction of sp³-hybridized carbons (Fsp3) is 0.231. The van der Waals surface area contributed by atoms with Gasteiger partial charge in [-0.05, 0) is 50.6 Å². The van der Waals surface area contributed by atoms with Crippen LogP contribution in [-0.4, -0.2) is 28.0 Å². The Kier molecular flexibility index (Phi) is 6.75. The molecule has 1 heterocycles. The molecule has 0 spiro atoms. The summed E-state index contributed by atoms with van der Waals surface area (Å²) in [5.41, 5.74) is 2.41. The van der Waals surface area contributed by atoms with Crippen molar-refractivity contribution >= 4 is 17.8 Å². The summed E-state index contributed by atoms with van der Waals surface area (Å²) in [6, 6.07) is 18.7. The van der Waals surface area contributed by atoms with Gasteiger partial charge in [0.2, 0.25) is 5.78 Å². The first-order chi connectivity index (χ1) is 14.8. The fourth-order valence-electron chi connectivity index (χ4n) is 2.97. The molecule has 0 aliphatic rings. The molecule has 5 heteroatoms. The Bertz CT molecular complexity index is 1090. The number of aliphatic carboxylic acids is 1. The van der Waals surface area contributed by atoms with E-state index in [1.807, 2.05) is 84.4 Å². The van der Waals surface area contributed by atoms with Crippen LogP contribution in [0.15, 0.2) is 72.9 Å². The highest BCUT2D eigenvalue weighted by molar-refractivity contribution is 6.08. The zero-order valence-corrected chi connectivity index (χ0v) is 18.0. The zero-order chi connectivity index (χ0) is 22.4. The molecule has 3 aromatic rings. The number of ether oxygens (including phenoxy) is 1. The van der Waals surface area contributed by atoms with Gasteiger partial charge in [0.25, 0.3) is 0 Å². The quantitative estimate of drug-likeness (QED) is 0.484. The highest BCUT2D eigenvalue weighted by Gasteiger charge is 2.28. The Morgan fingerprint density at radius 1 is 1.06 bits per heavy atom. The number of carboxylic acids is 1. The number of hydrogen-bond acceptors (Lipinski definition) is 3. The van der Waals surface area contributed by atoms with Crippen LogP contribution in [-0.2, 0) is 11.3 Å². The van der Waals surface area contributed by atoms with E-state index >= 15 is 0 Å². The molecular weight excluding hydrogens is 390 g/mol. The number of benzene rings is 2. The first-order valence-corrected chi connectivity index (χ1v) is 10.2. The molecule has 1 N–H and O–H groups in total. The predicted molar refractivity (Wildman–Crippen MR) is 121 cm³/mol. The maximum absolute atomic E-state index is 12.8. The third-order valence-corrected chi connectivity index (χ3v) is 5.03. The van der Waals surface area contributed by atoms with Crippen LogP contribution in [0.25, 0.3) is 6.08 Å². The van der Waals surface area contributed by atoms with E-state index in [9.17, 15) is 14.7 Å². The Morgan fingerprint density at radius 2 is 1.81 bits per heavy atom. The van der Waals surface area contributed by atoms with E-state index < -0.39 is 11.4 Å². The summed E-state index contributed by atoms with van der Waals surface area (Å²) in [4.78, 5) is 24.0. The Balaban J connectivity index is 1.65. The molecule has 0 aliphatic heterocycles. The minimum atomic E-state index is -0.958. The summed E-state index contributed by atoms with van der Waals surface area (Å²) in [5, 5.41) is 9.21. The third-order valence-electron chi connectivity index (χ3n) is 5.03. The average molecular weight is 418 g/mol. The van der Waals surface area contributed by atoms with E-state index in [-0.39, 0.29) is 12.4 Å². The van der Waals surface area contributed by atoms with Gasteiger partial charge in [0, 0.05) is 18.3 Å². The molecule has 0 bridgehead atoms. The maximum Gasteiger partial charge on any atom is 0.312 e. The Labute approximate surface area is 182 Å². The minimum absolute atomic E-state index is 0.00478. The van der Waals surface area contributed by atoms with Crippen molar-refractivity contribution in [1.82, 2.24) is 4.57 Å². The maximum atomic E-state index is 12.8. The molecule has 0 fully saturated rings. The number of carbonyl (C=O) groups excluding carboxylic acids is 1. The summed E-state index contributed by atoms with van der Waals surface area (Å²) in [6.45, 7) is 5.90. The van der Waals surface area contributed by atoms with Crippen LogP contribution >= 0.6 is 0 Å². The van der Waals surface area contributed by atoms with Crippen LogP contribution in [0.1, 0.15) is 41.0 Å². The second-order valence-corrected chi connectivity index (χ2v) is 8.19. The molecule has 5 nitrogen and oxygen atoms in total. The molecule has 2 aromatic carbocycles. The summed E-state index contributed by atoms with van der Waals surface area (Å²) >= 11 is 0. The summed E-state index contributed by atoms with van der Waals surface area (Å²) in [7, 11) is 0. The SMILES string of the molecule is Cc1ccc(C(=O)c2cccn2C/C=C/c2cccc(OCC(C)(C)C(=O)O)c2)cc1. The second-order valence-electron chi connectivity index (χ2n) is 8.19. The van der Waals surface area contributed by atoms with Crippen LogP contribution in [0.3, 0.4) is 0 Å². The van der Waals surface area contributed by atoms with Gasteiger partial charge in [-0.2, -0.15) is 0 Å². The highest BCUT2D eigenvalue weighted by atomic mass is 16.5. The van der Waals surface area contributed by atoms with Crippen molar-refractivity contribution in [3.63, 3.8) is 0 Å². The summed E-state index contributed by atoms with van der Waals surface area (Å²) in [5.74, 6) is -0.284. The van der Waals surface area contributed by atoms with E-state index in [1.54, 1.807) is 19.9 Å². The predicted octanol–water partition coefficient (Wildman–Crippen LogP) is 5.23. The molecule has 0 radical (unpaired) electrons. The minimum Gasteiger partial charge on any atom is -0.492 e. The van der Waals surface area contributed by atoms with Gasteiger partial charge in [0.1, 0.15) is 12.4 Å². The van der Waals surface area contributed by atoms with E-state index in [0.717, 1.165) is 11.1 Å². The Morgan fingerprint density at radius 3 is 2.52 bits per heavy atom. The molecular formula is C26H27NO4. The smallest absolute Gasteiger partial charge is 0.312 e. The van der Waals surface area contributed by atoms with Crippen LogP contribution in [0.5, 0.6) is 5.75 Å². The molecule has 0 aliphatic carbocycles. The van der Waals surface area contributed by atoms with Crippen molar-refractivity contribution in [2.24, 2.45) is 5.41 Å². The first kappa shape index (κ1) is 22.1. The highest BCUT2D eigenvalue weighted by Crippen LogP contribution is 2.20. The van der Waals surface area contributed by atoms with E-state index in [4.69, 9.17) is 4.74 Å². The second kappa shape index (κ2) is 9.47. The van der Waals surface area contributed by atoms with E-state index in [0.29, 0.717) is 23.6 Å². The van der Waals surface area contributed by atoms with Gasteiger partial charge in [-0.25, -0.2) is 0 Å². The summed E-state index contributed by atoms with van der Waals surface area (Å²) in [6.07, 6.45) is 5.82. The lowest BCUT2D eigenvalue weighted by molar-refractivity contribution is -0.148. The van der Waals surface area contributed by atoms with Crippen molar-refractivity contribution in [2.45, 2.75) is 27.3 Å². The molecule has 3 rings (SSSR count). The van der Waals surface area contributed by atoms with Crippen molar-refractivity contribution in [3.05, 3.63) is 95.3 Å². The van der Waals surface area contributed by atoms with Gasteiger partial charge in [-0.1, -0.05) is 54.1 Å². The lowest BCUT2D eigenvalue weighted by Crippen LogP contribution is -2.30. The number of carbonyl (C=O) groups is 2.